The molecule has 6 heteroatoms. The highest BCUT2D eigenvalue weighted by atomic mass is 32.2. The van der Waals surface area contributed by atoms with Crippen LogP contribution >= 0.6 is 11.8 Å². The lowest BCUT2D eigenvalue weighted by Gasteiger charge is -2.13. The average Bonchev–Trinajstić information content (AvgIpc) is 2.62. The van der Waals surface area contributed by atoms with Crippen LogP contribution in [0.15, 0.2) is 71.6 Å². The fourth-order valence-corrected chi connectivity index (χ4v) is 3.34. The van der Waals surface area contributed by atoms with Gasteiger partial charge in [-0.1, -0.05) is 36.4 Å². The molecule has 3 rings (SSSR count). The summed E-state index contributed by atoms with van der Waals surface area (Å²) in [6.07, 6.45) is 0. The molecule has 0 aliphatic rings. The molecule has 0 aliphatic carbocycles. The summed E-state index contributed by atoms with van der Waals surface area (Å²) in [5, 5.41) is 15.4. The van der Waals surface area contributed by atoms with Crippen molar-refractivity contribution in [3.05, 3.63) is 76.8 Å². The number of rotatable bonds is 5. The second kappa shape index (κ2) is 7.36. The number of anilines is 1. The smallest absolute Gasteiger partial charge is 0.269 e. The van der Waals surface area contributed by atoms with Crippen molar-refractivity contribution in [2.45, 2.75) is 17.1 Å². The van der Waals surface area contributed by atoms with Gasteiger partial charge in [-0.15, -0.1) is 11.8 Å². The summed E-state index contributed by atoms with van der Waals surface area (Å²) < 4.78 is 0. The molecule has 126 valence electrons. The van der Waals surface area contributed by atoms with Gasteiger partial charge in [0.15, 0.2) is 0 Å². The number of nitrogens with zero attached hydrogens (tertiary/aromatic N) is 1. The Morgan fingerprint density at radius 2 is 1.72 bits per heavy atom. The maximum absolute atomic E-state index is 12.5. The van der Waals surface area contributed by atoms with E-state index in [-0.39, 0.29) is 16.8 Å². The molecule has 0 spiro atoms. The van der Waals surface area contributed by atoms with Crippen molar-refractivity contribution in [1.29, 1.82) is 0 Å². The minimum absolute atomic E-state index is 0.0391. The number of amides is 1. The molecular formula is C19H16N2O3S. The van der Waals surface area contributed by atoms with Crippen LogP contribution in [0.4, 0.5) is 11.4 Å². The molecule has 0 saturated carbocycles. The third-order valence-corrected chi connectivity index (χ3v) is 4.89. The molecule has 3 aromatic rings. The van der Waals surface area contributed by atoms with Gasteiger partial charge in [-0.2, -0.15) is 0 Å². The Balaban J connectivity index is 1.71. The zero-order chi connectivity index (χ0) is 17.8. The van der Waals surface area contributed by atoms with Gasteiger partial charge in [0.1, 0.15) is 0 Å². The van der Waals surface area contributed by atoms with Crippen LogP contribution in [0, 0.1) is 10.1 Å². The Morgan fingerprint density at radius 3 is 2.44 bits per heavy atom. The Bertz CT molecular complexity index is 920. The lowest BCUT2D eigenvalue weighted by atomic mass is 10.1. The summed E-state index contributed by atoms with van der Waals surface area (Å²) in [6.45, 7) is 1.81. The van der Waals surface area contributed by atoms with E-state index in [4.69, 9.17) is 0 Å². The van der Waals surface area contributed by atoms with Crippen LogP contribution in [0.25, 0.3) is 10.8 Å². The highest BCUT2D eigenvalue weighted by Gasteiger charge is 2.16. The molecule has 1 atom stereocenters. The molecule has 0 aliphatic heterocycles. The van der Waals surface area contributed by atoms with E-state index in [1.165, 1.54) is 23.9 Å². The Kier molecular flexibility index (Phi) is 5.00. The molecular weight excluding hydrogens is 336 g/mol. The van der Waals surface area contributed by atoms with Crippen LogP contribution < -0.4 is 5.32 Å². The van der Waals surface area contributed by atoms with E-state index in [1.54, 1.807) is 12.1 Å². The van der Waals surface area contributed by atoms with Crippen molar-refractivity contribution in [3.8, 4) is 0 Å². The summed E-state index contributed by atoms with van der Waals surface area (Å²) in [7, 11) is 0. The van der Waals surface area contributed by atoms with Gasteiger partial charge in [0.25, 0.3) is 5.69 Å². The zero-order valence-corrected chi connectivity index (χ0v) is 14.3. The Morgan fingerprint density at radius 1 is 1.04 bits per heavy atom. The first-order chi connectivity index (χ1) is 12.0. The Hall–Kier alpha value is -2.86. The van der Waals surface area contributed by atoms with Gasteiger partial charge in [-0.05, 0) is 30.5 Å². The van der Waals surface area contributed by atoms with E-state index in [0.717, 1.165) is 21.4 Å². The number of hydrogen-bond donors (Lipinski definition) is 1. The molecule has 0 heterocycles. The first-order valence-corrected chi connectivity index (χ1v) is 8.62. The molecule has 0 bridgehead atoms. The zero-order valence-electron chi connectivity index (χ0n) is 13.5. The Labute approximate surface area is 149 Å². The number of carbonyl (C=O) groups excluding carboxylic acids is 1. The predicted molar refractivity (Wildman–Crippen MR) is 101 cm³/mol. The standard InChI is InChI=1S/C19H16N2O3S/c1-13(25-16-11-9-15(10-12-16)21(23)24)19(22)20-18-8-4-6-14-5-2-3-7-17(14)18/h2-13H,1H3,(H,20,22)/t13-/m0/s1. The van der Waals surface area contributed by atoms with Gasteiger partial charge >= 0.3 is 0 Å². The van der Waals surface area contributed by atoms with E-state index in [1.807, 2.05) is 49.4 Å². The van der Waals surface area contributed by atoms with E-state index >= 15 is 0 Å². The molecule has 0 unspecified atom stereocenters. The van der Waals surface area contributed by atoms with E-state index in [2.05, 4.69) is 5.32 Å². The molecule has 0 radical (unpaired) electrons. The first-order valence-electron chi connectivity index (χ1n) is 7.74. The number of thioether (sulfide) groups is 1. The van der Waals surface area contributed by atoms with Gasteiger partial charge in [0.05, 0.1) is 10.2 Å². The second-order valence-corrected chi connectivity index (χ2v) is 6.94. The fraction of sp³-hybridized carbons (Fsp3) is 0.105. The third-order valence-electron chi connectivity index (χ3n) is 3.78. The highest BCUT2D eigenvalue weighted by molar-refractivity contribution is 8.00. The number of fused-ring (bicyclic) bond motifs is 1. The number of carbonyl (C=O) groups is 1. The molecule has 5 nitrogen and oxygen atoms in total. The molecule has 0 saturated heterocycles. The van der Waals surface area contributed by atoms with Crippen molar-refractivity contribution in [3.63, 3.8) is 0 Å². The minimum atomic E-state index is -0.439. The van der Waals surface area contributed by atoms with Crippen LogP contribution in [0.3, 0.4) is 0 Å². The van der Waals surface area contributed by atoms with Gasteiger partial charge in [0.2, 0.25) is 5.91 Å². The lowest BCUT2D eigenvalue weighted by molar-refractivity contribution is -0.384. The van der Waals surface area contributed by atoms with E-state index < -0.39 is 4.92 Å². The predicted octanol–water partition coefficient (Wildman–Crippen LogP) is 4.87. The fourth-order valence-electron chi connectivity index (χ4n) is 2.47. The normalized spacial score (nSPS) is 11.9. The maximum Gasteiger partial charge on any atom is 0.269 e. The average molecular weight is 352 g/mol. The molecule has 25 heavy (non-hydrogen) atoms. The van der Waals surface area contributed by atoms with Crippen LogP contribution in [0.5, 0.6) is 0 Å². The third kappa shape index (κ3) is 3.97. The van der Waals surface area contributed by atoms with Crippen molar-refractivity contribution >= 4 is 39.8 Å². The van der Waals surface area contributed by atoms with Crippen LogP contribution in [0.1, 0.15) is 6.92 Å². The number of hydrogen-bond acceptors (Lipinski definition) is 4. The minimum Gasteiger partial charge on any atom is -0.325 e. The van der Waals surface area contributed by atoms with Crippen molar-refractivity contribution in [2.24, 2.45) is 0 Å². The van der Waals surface area contributed by atoms with Crippen molar-refractivity contribution in [2.75, 3.05) is 5.32 Å². The first kappa shape index (κ1) is 17.0. The number of nitro benzene ring substituents is 1. The molecule has 0 fully saturated rings. The number of non-ortho nitro benzene ring substituents is 1. The topological polar surface area (TPSA) is 72.2 Å². The van der Waals surface area contributed by atoms with Gasteiger partial charge in [-0.25, -0.2) is 0 Å². The van der Waals surface area contributed by atoms with Crippen LogP contribution in [-0.4, -0.2) is 16.1 Å². The number of nitro groups is 1. The van der Waals surface area contributed by atoms with E-state index in [0.29, 0.717) is 0 Å². The molecule has 1 N–H and O–H groups in total. The quantitative estimate of drug-likeness (QED) is 0.404. The largest absolute Gasteiger partial charge is 0.325 e. The number of nitrogens with one attached hydrogen (secondary N) is 1. The van der Waals surface area contributed by atoms with Gasteiger partial charge in [-0.3, -0.25) is 14.9 Å². The monoisotopic (exact) mass is 352 g/mol. The summed E-state index contributed by atoms with van der Waals surface area (Å²) in [4.78, 5) is 23.6. The SMILES string of the molecule is C[C@H](Sc1ccc([N+](=O)[O-])cc1)C(=O)Nc1cccc2ccccc12. The molecule has 3 aromatic carbocycles. The highest BCUT2D eigenvalue weighted by Crippen LogP contribution is 2.28. The van der Waals surface area contributed by atoms with Crippen molar-refractivity contribution < 1.29 is 9.72 Å². The van der Waals surface area contributed by atoms with Crippen molar-refractivity contribution in [1.82, 2.24) is 0 Å². The summed E-state index contributed by atoms with van der Waals surface area (Å²) in [5.74, 6) is -0.111. The summed E-state index contributed by atoms with van der Waals surface area (Å²) in [5.41, 5.74) is 0.816. The van der Waals surface area contributed by atoms with Crippen LogP contribution in [0.2, 0.25) is 0 Å². The number of benzene rings is 3. The summed E-state index contributed by atoms with van der Waals surface area (Å²) >= 11 is 1.36. The van der Waals surface area contributed by atoms with Gasteiger partial charge < -0.3 is 5.32 Å². The van der Waals surface area contributed by atoms with Crippen LogP contribution in [-0.2, 0) is 4.79 Å². The second-order valence-electron chi connectivity index (χ2n) is 5.53. The molecule has 0 aromatic heterocycles. The van der Waals surface area contributed by atoms with Gasteiger partial charge in [0, 0.05) is 28.1 Å². The summed E-state index contributed by atoms with van der Waals surface area (Å²) in [6, 6.07) is 19.9. The molecule has 1 amide bonds. The maximum atomic E-state index is 12.5. The van der Waals surface area contributed by atoms with E-state index in [9.17, 15) is 14.9 Å². The lowest BCUT2D eigenvalue weighted by Crippen LogP contribution is -2.22.